The van der Waals surface area contributed by atoms with Crippen LogP contribution in [0, 0.1) is 18.6 Å². The highest BCUT2D eigenvalue weighted by Gasteiger charge is 2.36. The second-order valence-electron chi connectivity index (χ2n) is 8.00. The van der Waals surface area contributed by atoms with Crippen molar-refractivity contribution in [1.82, 2.24) is 19.7 Å². The van der Waals surface area contributed by atoms with Gasteiger partial charge in [-0.1, -0.05) is 6.58 Å². The third-order valence-corrected chi connectivity index (χ3v) is 5.60. The van der Waals surface area contributed by atoms with E-state index in [0.717, 1.165) is 5.56 Å². The predicted molar refractivity (Wildman–Crippen MR) is 125 cm³/mol. The highest BCUT2D eigenvalue weighted by molar-refractivity contribution is 6.04. The second-order valence-corrected chi connectivity index (χ2v) is 8.00. The van der Waals surface area contributed by atoms with Crippen LogP contribution in [-0.4, -0.2) is 53.0 Å². The zero-order valence-electron chi connectivity index (χ0n) is 19.7. The molecule has 12 heteroatoms. The number of rotatable bonds is 8. The fourth-order valence-electron chi connectivity index (χ4n) is 3.85. The quantitative estimate of drug-likeness (QED) is 0.469. The Bertz CT molecular complexity index is 1270. The van der Waals surface area contributed by atoms with E-state index in [4.69, 9.17) is 9.47 Å². The summed E-state index contributed by atoms with van der Waals surface area (Å²) in [5, 5.41) is 10.2. The van der Waals surface area contributed by atoms with Gasteiger partial charge in [0.25, 0.3) is 5.91 Å². The van der Waals surface area contributed by atoms with E-state index < -0.39 is 23.4 Å². The molecule has 0 aliphatic carbocycles. The summed E-state index contributed by atoms with van der Waals surface area (Å²) < 4.78 is 39.4. The molecule has 1 atom stereocenters. The van der Waals surface area contributed by atoms with Crippen molar-refractivity contribution in [2.75, 3.05) is 36.8 Å². The first-order valence-electron chi connectivity index (χ1n) is 10.6. The molecular formula is C23H25F2N7O3. The maximum Gasteiger partial charge on any atom is 0.255 e. The Hall–Kier alpha value is -4.22. The molecule has 4 rings (SSSR count). The summed E-state index contributed by atoms with van der Waals surface area (Å²) in [5.41, 5.74) is 2.34. The largest absolute Gasteiger partial charge is 0.499 e. The highest BCUT2D eigenvalue weighted by atomic mass is 19.1. The lowest BCUT2D eigenvalue weighted by Gasteiger charge is -2.34. The van der Waals surface area contributed by atoms with Crippen LogP contribution in [-0.2, 0) is 22.6 Å². The van der Waals surface area contributed by atoms with Gasteiger partial charge >= 0.3 is 0 Å². The number of hydrogen-bond acceptors (Lipinski definition) is 8. The van der Waals surface area contributed by atoms with Gasteiger partial charge in [0.05, 0.1) is 32.7 Å². The fourth-order valence-corrected chi connectivity index (χ4v) is 3.85. The van der Waals surface area contributed by atoms with Gasteiger partial charge in [0, 0.05) is 25.4 Å². The van der Waals surface area contributed by atoms with E-state index in [-0.39, 0.29) is 12.5 Å². The number of carbonyl (C=O) groups is 1. The standard InChI is InChI=1S/C23H25F2N7O3/c1-12-18-21(31(3)19(13(2)34-4)22(33)29-18)30-23(28-12)26-8-15-9-27-32(11-15)10-14-6-16(24)20(35-5)17(25)7-14/h6-7,9,11,19H,2,8,10H2,1,3-5H3,(H,29,33)(H,26,28,30)/t19-/m0/s1. The Balaban J connectivity index is 1.47. The van der Waals surface area contributed by atoms with E-state index in [1.165, 1.54) is 26.4 Å². The van der Waals surface area contributed by atoms with E-state index in [1.54, 1.807) is 35.9 Å². The fraction of sp³-hybridized carbons (Fsp3) is 0.304. The van der Waals surface area contributed by atoms with Crippen molar-refractivity contribution < 1.29 is 23.0 Å². The van der Waals surface area contributed by atoms with Crippen LogP contribution in [0.4, 0.5) is 26.2 Å². The van der Waals surface area contributed by atoms with Crippen LogP contribution in [0.25, 0.3) is 0 Å². The Labute approximate surface area is 200 Å². The van der Waals surface area contributed by atoms with Gasteiger partial charge in [-0.2, -0.15) is 10.1 Å². The molecule has 1 aromatic carbocycles. The first-order valence-corrected chi connectivity index (χ1v) is 10.6. The molecule has 2 aromatic heterocycles. The molecule has 0 spiro atoms. The smallest absolute Gasteiger partial charge is 0.255 e. The summed E-state index contributed by atoms with van der Waals surface area (Å²) in [7, 11) is 4.40. The zero-order valence-corrected chi connectivity index (χ0v) is 19.7. The number of anilines is 3. The van der Waals surface area contributed by atoms with Crippen LogP contribution >= 0.6 is 0 Å². The van der Waals surface area contributed by atoms with Crippen LogP contribution in [0.5, 0.6) is 5.75 Å². The van der Waals surface area contributed by atoms with Crippen molar-refractivity contribution in [1.29, 1.82) is 0 Å². The summed E-state index contributed by atoms with van der Waals surface area (Å²) >= 11 is 0. The molecule has 0 radical (unpaired) electrons. The Morgan fingerprint density at radius 3 is 2.60 bits per heavy atom. The minimum atomic E-state index is -0.769. The van der Waals surface area contributed by atoms with Crippen molar-refractivity contribution >= 4 is 23.4 Å². The maximum atomic E-state index is 14.0. The Morgan fingerprint density at radius 2 is 1.94 bits per heavy atom. The molecular weight excluding hydrogens is 460 g/mol. The number of nitrogens with zero attached hydrogens (tertiary/aromatic N) is 5. The molecule has 184 valence electrons. The van der Waals surface area contributed by atoms with E-state index in [2.05, 4.69) is 32.3 Å². The lowest BCUT2D eigenvalue weighted by molar-refractivity contribution is -0.117. The Morgan fingerprint density at radius 1 is 1.23 bits per heavy atom. The number of carbonyl (C=O) groups excluding carboxylic acids is 1. The number of likely N-dealkylation sites (N-methyl/N-ethyl adjacent to an activating group) is 1. The SMILES string of the molecule is C=C(OC)[C@H]1C(=O)Nc2c(C)nc(NCc3cnn(Cc4cc(F)c(OC)c(F)c4)c3)nc2N1C. The van der Waals surface area contributed by atoms with Gasteiger partial charge in [-0.05, 0) is 24.6 Å². The van der Waals surface area contributed by atoms with Crippen LogP contribution in [0.3, 0.4) is 0 Å². The molecule has 1 amide bonds. The van der Waals surface area contributed by atoms with Gasteiger partial charge in [0.2, 0.25) is 5.95 Å². The highest BCUT2D eigenvalue weighted by Crippen LogP contribution is 2.34. The number of nitrogens with one attached hydrogen (secondary N) is 2. The number of halogens is 2. The number of fused-ring (bicyclic) bond motifs is 1. The minimum Gasteiger partial charge on any atom is -0.499 e. The average Bonchev–Trinajstić information content (AvgIpc) is 3.25. The molecule has 3 heterocycles. The molecule has 2 N–H and O–H groups in total. The normalized spacial score (nSPS) is 14.9. The van der Waals surface area contributed by atoms with Gasteiger partial charge in [-0.15, -0.1) is 0 Å². The Kier molecular flexibility index (Phi) is 6.54. The van der Waals surface area contributed by atoms with Gasteiger partial charge in [0.15, 0.2) is 29.2 Å². The number of ether oxygens (including phenoxy) is 2. The maximum absolute atomic E-state index is 14.0. The topological polar surface area (TPSA) is 106 Å². The van der Waals surface area contributed by atoms with Crippen molar-refractivity contribution in [3.63, 3.8) is 0 Å². The molecule has 0 bridgehead atoms. The monoisotopic (exact) mass is 485 g/mol. The van der Waals surface area contributed by atoms with E-state index >= 15 is 0 Å². The second kappa shape index (κ2) is 9.57. The molecule has 3 aromatic rings. The number of methoxy groups -OCH3 is 2. The average molecular weight is 485 g/mol. The minimum absolute atomic E-state index is 0.182. The molecule has 0 unspecified atom stereocenters. The lowest BCUT2D eigenvalue weighted by Crippen LogP contribution is -2.48. The molecule has 0 fully saturated rings. The third-order valence-electron chi connectivity index (χ3n) is 5.60. The summed E-state index contributed by atoms with van der Waals surface area (Å²) in [6.45, 7) is 6.11. The van der Waals surface area contributed by atoms with E-state index in [0.29, 0.717) is 41.0 Å². The molecule has 10 nitrogen and oxygen atoms in total. The first kappa shape index (κ1) is 23.9. The van der Waals surface area contributed by atoms with Crippen molar-refractivity contribution in [2.45, 2.75) is 26.1 Å². The van der Waals surface area contributed by atoms with E-state index in [9.17, 15) is 13.6 Å². The summed E-state index contributed by atoms with van der Waals surface area (Å²) in [4.78, 5) is 23.2. The van der Waals surface area contributed by atoms with Gasteiger partial charge in [-0.3, -0.25) is 9.48 Å². The molecule has 35 heavy (non-hydrogen) atoms. The molecule has 0 saturated heterocycles. The van der Waals surface area contributed by atoms with Crippen LogP contribution in [0.2, 0.25) is 0 Å². The third kappa shape index (κ3) is 4.72. The van der Waals surface area contributed by atoms with Crippen molar-refractivity contribution in [3.8, 4) is 5.75 Å². The lowest BCUT2D eigenvalue weighted by atomic mass is 10.1. The number of aromatic nitrogens is 4. The molecule has 0 saturated carbocycles. The predicted octanol–water partition coefficient (Wildman–Crippen LogP) is 2.85. The number of benzene rings is 1. The van der Waals surface area contributed by atoms with Gasteiger partial charge in [-0.25, -0.2) is 13.8 Å². The number of hydrogen-bond donors (Lipinski definition) is 2. The first-order chi connectivity index (χ1) is 16.7. The number of aryl methyl sites for hydroxylation is 1. The molecule has 1 aliphatic heterocycles. The molecule has 1 aliphatic rings. The van der Waals surface area contributed by atoms with Crippen molar-refractivity contribution in [3.05, 3.63) is 65.3 Å². The van der Waals surface area contributed by atoms with Crippen LogP contribution in [0.1, 0.15) is 16.8 Å². The van der Waals surface area contributed by atoms with Crippen LogP contribution < -0.4 is 20.3 Å². The van der Waals surface area contributed by atoms with Crippen molar-refractivity contribution in [2.24, 2.45) is 0 Å². The van der Waals surface area contributed by atoms with Gasteiger partial charge < -0.3 is 25.0 Å². The summed E-state index contributed by atoms with van der Waals surface area (Å²) in [5.74, 6) is -1.04. The number of amides is 1. The summed E-state index contributed by atoms with van der Waals surface area (Å²) in [6, 6.07) is 1.71. The summed E-state index contributed by atoms with van der Waals surface area (Å²) in [6.07, 6.45) is 3.39. The zero-order chi connectivity index (χ0) is 25.3. The van der Waals surface area contributed by atoms with Gasteiger partial charge in [0.1, 0.15) is 11.4 Å². The van der Waals surface area contributed by atoms with E-state index in [1.807, 2.05) is 0 Å². The van der Waals surface area contributed by atoms with Crippen LogP contribution in [0.15, 0.2) is 36.9 Å².